The third-order valence-corrected chi connectivity index (χ3v) is 7.98. The first kappa shape index (κ1) is 20.2. The van der Waals surface area contributed by atoms with E-state index in [1.165, 1.54) is 22.8 Å². The van der Waals surface area contributed by atoms with Gasteiger partial charge in [-0.15, -0.1) is 0 Å². The van der Waals surface area contributed by atoms with Crippen LogP contribution in [0.5, 0.6) is 5.75 Å². The van der Waals surface area contributed by atoms with Crippen molar-refractivity contribution in [3.05, 3.63) is 63.8 Å². The predicted molar refractivity (Wildman–Crippen MR) is 119 cm³/mol. The van der Waals surface area contributed by atoms with Gasteiger partial charge < -0.3 is 9.30 Å². The molecule has 0 radical (unpaired) electrons. The van der Waals surface area contributed by atoms with Crippen molar-refractivity contribution in [2.75, 3.05) is 5.75 Å². The summed E-state index contributed by atoms with van der Waals surface area (Å²) >= 11 is 0. The lowest BCUT2D eigenvalue weighted by molar-refractivity contribution is 0.208. The molecule has 2 aromatic carbocycles. The van der Waals surface area contributed by atoms with E-state index in [1.54, 1.807) is 20.2 Å². The van der Waals surface area contributed by atoms with Crippen LogP contribution in [0.3, 0.4) is 0 Å². The van der Waals surface area contributed by atoms with Gasteiger partial charge in [-0.05, 0) is 59.5 Å². The summed E-state index contributed by atoms with van der Waals surface area (Å²) in [5.74, 6) is 0.821. The van der Waals surface area contributed by atoms with E-state index < -0.39 is 15.7 Å². The molecule has 1 atom stereocenters. The number of pyridine rings is 1. The molecule has 0 spiro atoms. The molecule has 2 aliphatic rings. The van der Waals surface area contributed by atoms with Gasteiger partial charge in [0.2, 0.25) is 0 Å². The van der Waals surface area contributed by atoms with Gasteiger partial charge in [0.05, 0.1) is 5.75 Å². The second-order valence-corrected chi connectivity index (χ2v) is 11.0. The molecule has 0 N–H and O–H groups in total. The smallest absolute Gasteiger partial charge is 0.258 e. The Kier molecular flexibility index (Phi) is 4.70. The van der Waals surface area contributed by atoms with Crippen molar-refractivity contribution in [3.8, 4) is 16.9 Å². The number of nitrogens with zero attached hydrogens (tertiary/aromatic N) is 1. The number of halogens is 1. The van der Waals surface area contributed by atoms with E-state index in [1.807, 2.05) is 12.1 Å². The summed E-state index contributed by atoms with van der Waals surface area (Å²) in [4.78, 5) is 12.6. The number of aromatic nitrogens is 1. The Balaban J connectivity index is 1.76. The molecular weight excluding hydrogens is 417 g/mol. The monoisotopic (exact) mass is 441 g/mol. The number of fused-ring (bicyclic) bond motifs is 2. The third-order valence-electron chi connectivity index (χ3n) is 6.33. The highest BCUT2D eigenvalue weighted by molar-refractivity contribution is 7.90. The van der Waals surface area contributed by atoms with E-state index in [9.17, 15) is 17.6 Å². The van der Waals surface area contributed by atoms with Crippen molar-refractivity contribution in [3.63, 3.8) is 0 Å². The zero-order valence-electron chi connectivity index (χ0n) is 17.5. The summed E-state index contributed by atoms with van der Waals surface area (Å²) in [6, 6.07) is 7.89. The van der Waals surface area contributed by atoms with E-state index in [-0.39, 0.29) is 23.2 Å². The van der Waals surface area contributed by atoms with Crippen LogP contribution in [0.4, 0.5) is 4.39 Å². The van der Waals surface area contributed by atoms with Crippen molar-refractivity contribution >= 4 is 20.6 Å². The molecular formula is C24H24FNO4S. The highest BCUT2D eigenvalue weighted by Crippen LogP contribution is 2.47. The fourth-order valence-electron chi connectivity index (χ4n) is 4.48. The van der Waals surface area contributed by atoms with E-state index in [0.29, 0.717) is 33.4 Å². The average Bonchev–Trinajstić information content (AvgIpc) is 3.49. The average molecular weight is 442 g/mol. The molecule has 7 heteroatoms. The fraction of sp³-hybridized carbons (Fsp3) is 0.375. The summed E-state index contributed by atoms with van der Waals surface area (Å²) in [6.45, 7) is 1.64. The fourth-order valence-corrected chi connectivity index (χ4v) is 5.36. The molecule has 31 heavy (non-hydrogen) atoms. The first-order chi connectivity index (χ1) is 14.8. The maximum atomic E-state index is 14.1. The molecule has 2 heterocycles. The summed E-state index contributed by atoms with van der Waals surface area (Å²) in [5.41, 5.74) is 2.84. The van der Waals surface area contributed by atoms with Crippen LogP contribution in [0.15, 0.2) is 41.3 Å². The van der Waals surface area contributed by atoms with E-state index in [2.05, 4.69) is 0 Å². The summed E-state index contributed by atoms with van der Waals surface area (Å²) in [5, 5.41) is 0.915. The molecule has 0 bridgehead atoms. The number of ether oxygens (including phenoxy) is 1. The Labute approximate surface area is 180 Å². The Morgan fingerprint density at radius 2 is 1.90 bits per heavy atom. The van der Waals surface area contributed by atoms with Crippen molar-refractivity contribution in [1.82, 2.24) is 4.57 Å². The summed E-state index contributed by atoms with van der Waals surface area (Å²) in [7, 11) is -1.57. The van der Waals surface area contributed by atoms with Crippen LogP contribution in [-0.2, 0) is 29.1 Å². The van der Waals surface area contributed by atoms with Crippen molar-refractivity contribution in [1.29, 1.82) is 0 Å². The molecule has 5 rings (SSSR count). The van der Waals surface area contributed by atoms with Gasteiger partial charge in [-0.1, -0.05) is 13.0 Å². The summed E-state index contributed by atoms with van der Waals surface area (Å²) < 4.78 is 46.6. The minimum atomic E-state index is -3.23. The first-order valence-corrected chi connectivity index (χ1v) is 12.4. The van der Waals surface area contributed by atoms with Gasteiger partial charge >= 0.3 is 0 Å². The minimum Gasteiger partial charge on any atom is -0.489 e. The Morgan fingerprint density at radius 3 is 2.61 bits per heavy atom. The molecule has 1 fully saturated rings. The molecule has 1 aliphatic heterocycles. The van der Waals surface area contributed by atoms with Crippen LogP contribution in [0.1, 0.15) is 30.9 Å². The second-order valence-electron chi connectivity index (χ2n) is 8.65. The number of hydrogen-bond donors (Lipinski definition) is 0. The first-order valence-electron chi connectivity index (χ1n) is 10.6. The van der Waals surface area contributed by atoms with Crippen LogP contribution in [0.2, 0.25) is 0 Å². The molecule has 3 aromatic rings. The molecule has 162 valence electrons. The van der Waals surface area contributed by atoms with Gasteiger partial charge in [0.15, 0.2) is 9.84 Å². The van der Waals surface area contributed by atoms with Gasteiger partial charge in [0.25, 0.3) is 5.56 Å². The third kappa shape index (κ3) is 3.65. The van der Waals surface area contributed by atoms with Crippen LogP contribution < -0.4 is 10.3 Å². The van der Waals surface area contributed by atoms with Crippen LogP contribution in [-0.4, -0.2) is 24.8 Å². The minimum absolute atomic E-state index is 0.0596. The van der Waals surface area contributed by atoms with Crippen molar-refractivity contribution < 1.29 is 17.5 Å². The molecule has 5 nitrogen and oxygen atoms in total. The molecule has 1 aliphatic carbocycles. The summed E-state index contributed by atoms with van der Waals surface area (Å²) in [6.07, 6.45) is 4.79. The quantitative estimate of drug-likeness (QED) is 0.601. The number of benzene rings is 2. The molecule has 1 unspecified atom stereocenters. The number of hydrogen-bond acceptors (Lipinski definition) is 4. The van der Waals surface area contributed by atoms with Crippen LogP contribution >= 0.6 is 0 Å². The lowest BCUT2D eigenvalue weighted by Gasteiger charge is -2.16. The zero-order valence-corrected chi connectivity index (χ0v) is 18.3. The van der Waals surface area contributed by atoms with Crippen LogP contribution in [0, 0.1) is 11.7 Å². The van der Waals surface area contributed by atoms with Crippen molar-refractivity contribution in [2.24, 2.45) is 13.0 Å². The SMILES string of the molecule is CCS(=O)(=O)Cc1cc2c(c(-c3cn(C)c(=O)c4ccc(F)cc34)c1)OC(C1CC1)C2. The Bertz CT molecular complexity index is 1370. The topological polar surface area (TPSA) is 65.4 Å². The maximum absolute atomic E-state index is 14.1. The lowest BCUT2D eigenvalue weighted by atomic mass is 9.95. The molecule has 0 saturated heterocycles. The predicted octanol–water partition coefficient (Wildman–Crippen LogP) is 3.99. The van der Waals surface area contributed by atoms with E-state index in [0.717, 1.165) is 30.6 Å². The van der Waals surface area contributed by atoms with E-state index in [4.69, 9.17) is 4.74 Å². The Morgan fingerprint density at radius 1 is 1.13 bits per heavy atom. The molecule has 1 aromatic heterocycles. The maximum Gasteiger partial charge on any atom is 0.258 e. The van der Waals surface area contributed by atoms with E-state index >= 15 is 0 Å². The van der Waals surface area contributed by atoms with Crippen LogP contribution in [0.25, 0.3) is 21.9 Å². The number of aryl methyl sites for hydroxylation is 1. The van der Waals surface area contributed by atoms with Gasteiger partial charge in [-0.25, -0.2) is 12.8 Å². The van der Waals surface area contributed by atoms with Gasteiger partial charge in [0, 0.05) is 41.9 Å². The number of sulfone groups is 1. The normalized spacial score (nSPS) is 18.2. The van der Waals surface area contributed by atoms with Gasteiger partial charge in [-0.2, -0.15) is 0 Å². The van der Waals surface area contributed by atoms with Crippen molar-refractivity contribution in [2.45, 2.75) is 38.0 Å². The zero-order chi connectivity index (χ0) is 21.9. The highest BCUT2D eigenvalue weighted by Gasteiger charge is 2.38. The molecule has 1 saturated carbocycles. The highest BCUT2D eigenvalue weighted by atomic mass is 32.2. The largest absolute Gasteiger partial charge is 0.489 e. The lowest BCUT2D eigenvalue weighted by Crippen LogP contribution is -2.17. The molecule has 0 amide bonds. The van der Waals surface area contributed by atoms with Gasteiger partial charge in [0.1, 0.15) is 17.7 Å². The Hall–Kier alpha value is -2.67. The second kappa shape index (κ2) is 7.19. The standard InChI is InChI=1S/C24H24FNO4S/c1-3-31(28,29)13-14-8-16-10-22(15-4-5-15)30-23(16)20(9-14)21-12-26(2)24(27)18-7-6-17(25)11-19(18)21/h6-9,11-12,15,22H,3-5,10,13H2,1-2H3. The van der Waals surface area contributed by atoms with Gasteiger partial charge in [-0.3, -0.25) is 4.79 Å². The number of rotatable bonds is 5.